The zero-order valence-corrected chi connectivity index (χ0v) is 4.78. The van der Waals surface area contributed by atoms with E-state index in [2.05, 4.69) is 0 Å². The summed E-state index contributed by atoms with van der Waals surface area (Å²) in [6.45, 7) is 1.38. The van der Waals surface area contributed by atoms with Crippen LogP contribution in [-0.2, 0) is 4.79 Å². The van der Waals surface area contributed by atoms with Crippen molar-refractivity contribution in [2.45, 2.75) is 25.9 Å². The van der Waals surface area contributed by atoms with Crippen LogP contribution in [-0.4, -0.2) is 12.1 Å². The Hall–Kier alpha value is -0.600. The Bertz CT molecular complexity index is 82.5. The van der Waals surface area contributed by atoms with Gasteiger partial charge in [-0.25, -0.2) is 4.39 Å². The van der Waals surface area contributed by atoms with Gasteiger partial charge in [-0.1, -0.05) is 0 Å². The first-order chi connectivity index (χ1) is 3.63. The zero-order chi connectivity index (χ0) is 6.57. The monoisotopic (exact) mass is 118 g/mol. The maximum atomic E-state index is 11.8. The highest BCUT2D eigenvalue weighted by Crippen LogP contribution is 1.98. The summed E-state index contributed by atoms with van der Waals surface area (Å²) in [6.07, 6.45) is -0.732. The first-order valence-corrected chi connectivity index (χ1v) is 2.51. The van der Waals surface area contributed by atoms with Crippen molar-refractivity contribution in [1.29, 1.82) is 0 Å². The van der Waals surface area contributed by atoms with Crippen molar-refractivity contribution in [3.05, 3.63) is 0 Å². The van der Waals surface area contributed by atoms with Gasteiger partial charge in [0.05, 0.1) is 6.17 Å². The molecule has 1 radical (unpaired) electrons. The smallest absolute Gasteiger partial charge is 0.238 e. The highest BCUT2D eigenvalue weighted by molar-refractivity contribution is 5.72. The molecule has 47 valence electrons. The van der Waals surface area contributed by atoms with Crippen LogP contribution in [0.3, 0.4) is 0 Å². The first kappa shape index (κ1) is 7.40. The highest BCUT2D eigenvalue weighted by Gasteiger charge is 2.00. The van der Waals surface area contributed by atoms with E-state index >= 15 is 0 Å². The maximum absolute atomic E-state index is 11.8. The van der Waals surface area contributed by atoms with Gasteiger partial charge in [-0.3, -0.25) is 10.5 Å². The molecule has 0 spiro atoms. The van der Waals surface area contributed by atoms with Crippen LogP contribution in [0.15, 0.2) is 0 Å². The quantitative estimate of drug-likeness (QED) is 0.543. The minimum atomic E-state index is -0.954. The van der Waals surface area contributed by atoms with E-state index in [9.17, 15) is 9.18 Å². The third-order valence-corrected chi connectivity index (χ3v) is 0.769. The third-order valence-electron chi connectivity index (χ3n) is 0.769. The van der Waals surface area contributed by atoms with Crippen molar-refractivity contribution in [2.75, 3.05) is 0 Å². The number of amides is 1. The van der Waals surface area contributed by atoms with Crippen LogP contribution in [0, 0.1) is 0 Å². The van der Waals surface area contributed by atoms with Gasteiger partial charge in [-0.2, -0.15) is 0 Å². The first-order valence-electron chi connectivity index (χ1n) is 2.51. The SMILES string of the molecule is CC(F)CCC([NH])=O. The predicted octanol–water partition coefficient (Wildman–Crippen LogP) is 0.934. The fourth-order valence-corrected chi connectivity index (χ4v) is 0.330. The molecule has 0 aliphatic carbocycles. The van der Waals surface area contributed by atoms with E-state index in [1.807, 2.05) is 0 Å². The highest BCUT2D eigenvalue weighted by atomic mass is 19.1. The van der Waals surface area contributed by atoms with E-state index in [0.717, 1.165) is 0 Å². The topological polar surface area (TPSA) is 40.9 Å². The Balaban J connectivity index is 3.05. The van der Waals surface area contributed by atoms with Crippen LogP contribution in [0.5, 0.6) is 0 Å². The molecular formula is C5H9FNO. The molecule has 1 atom stereocenters. The Morgan fingerprint density at radius 3 is 2.50 bits per heavy atom. The van der Waals surface area contributed by atoms with Gasteiger partial charge in [0.2, 0.25) is 5.91 Å². The minimum absolute atomic E-state index is 0.0394. The molecule has 0 saturated heterocycles. The van der Waals surface area contributed by atoms with E-state index in [0.29, 0.717) is 0 Å². The molecule has 0 rings (SSSR count). The van der Waals surface area contributed by atoms with E-state index in [1.54, 1.807) is 0 Å². The van der Waals surface area contributed by atoms with Crippen LogP contribution in [0.25, 0.3) is 0 Å². The van der Waals surface area contributed by atoms with Gasteiger partial charge in [-0.05, 0) is 13.3 Å². The molecule has 1 N–H and O–H groups in total. The average molecular weight is 118 g/mol. The Kier molecular flexibility index (Phi) is 3.15. The Morgan fingerprint density at radius 2 is 2.38 bits per heavy atom. The summed E-state index contributed by atoms with van der Waals surface area (Å²) in [5.41, 5.74) is 6.37. The molecule has 2 nitrogen and oxygen atoms in total. The van der Waals surface area contributed by atoms with Crippen LogP contribution >= 0.6 is 0 Å². The molecule has 0 aromatic heterocycles. The van der Waals surface area contributed by atoms with E-state index in [1.165, 1.54) is 6.92 Å². The molecule has 0 bridgehead atoms. The van der Waals surface area contributed by atoms with Gasteiger partial charge in [0, 0.05) is 6.42 Å². The van der Waals surface area contributed by atoms with Crippen LogP contribution in [0.1, 0.15) is 19.8 Å². The Labute approximate surface area is 47.9 Å². The summed E-state index contributed by atoms with van der Waals surface area (Å²) in [4.78, 5) is 9.85. The molecule has 0 aliphatic rings. The molecule has 8 heavy (non-hydrogen) atoms. The second kappa shape index (κ2) is 3.41. The fourth-order valence-electron chi connectivity index (χ4n) is 0.330. The lowest BCUT2D eigenvalue weighted by Crippen LogP contribution is -2.01. The van der Waals surface area contributed by atoms with Gasteiger partial charge in [-0.15, -0.1) is 0 Å². The number of halogens is 1. The lowest BCUT2D eigenvalue weighted by molar-refractivity contribution is -0.118. The van der Waals surface area contributed by atoms with Gasteiger partial charge in [0.25, 0.3) is 0 Å². The van der Waals surface area contributed by atoms with Crippen LogP contribution < -0.4 is 5.73 Å². The summed E-state index contributed by atoms with van der Waals surface area (Å²) in [5.74, 6) is -0.686. The zero-order valence-electron chi connectivity index (χ0n) is 4.78. The number of rotatable bonds is 3. The van der Waals surface area contributed by atoms with E-state index in [4.69, 9.17) is 5.73 Å². The molecule has 3 heteroatoms. The summed E-state index contributed by atoms with van der Waals surface area (Å²) >= 11 is 0. The van der Waals surface area contributed by atoms with Crippen LogP contribution in [0.4, 0.5) is 4.39 Å². The normalized spacial score (nSPS) is 13.2. The number of alkyl halides is 1. The van der Waals surface area contributed by atoms with Crippen molar-refractivity contribution in [3.8, 4) is 0 Å². The Morgan fingerprint density at radius 1 is 1.88 bits per heavy atom. The number of hydrogen-bond donors (Lipinski definition) is 0. The van der Waals surface area contributed by atoms with Crippen molar-refractivity contribution in [1.82, 2.24) is 5.73 Å². The lowest BCUT2D eigenvalue weighted by atomic mass is 10.2. The molecular weight excluding hydrogens is 109 g/mol. The predicted molar refractivity (Wildman–Crippen MR) is 27.9 cm³/mol. The van der Waals surface area contributed by atoms with Gasteiger partial charge in [0.1, 0.15) is 0 Å². The summed E-state index contributed by atoms with van der Waals surface area (Å²) in [5, 5.41) is 0. The summed E-state index contributed by atoms with van der Waals surface area (Å²) in [7, 11) is 0. The standard InChI is InChI=1S/C5H9FNO/c1-4(6)2-3-5(7)8/h4,7H,2-3H2,1H3. The van der Waals surface area contributed by atoms with Gasteiger partial charge >= 0.3 is 0 Å². The maximum Gasteiger partial charge on any atom is 0.238 e. The molecule has 0 saturated carbocycles. The van der Waals surface area contributed by atoms with Crippen LogP contribution in [0.2, 0.25) is 0 Å². The summed E-state index contributed by atoms with van der Waals surface area (Å²) in [6, 6.07) is 0. The van der Waals surface area contributed by atoms with Gasteiger partial charge < -0.3 is 0 Å². The van der Waals surface area contributed by atoms with Crippen molar-refractivity contribution in [3.63, 3.8) is 0 Å². The number of carbonyl (C=O) groups excluding carboxylic acids is 1. The molecule has 0 aromatic rings. The van der Waals surface area contributed by atoms with E-state index in [-0.39, 0.29) is 12.8 Å². The third kappa shape index (κ3) is 5.40. The van der Waals surface area contributed by atoms with Crippen molar-refractivity contribution >= 4 is 5.91 Å². The number of nitrogens with one attached hydrogen (secondary N) is 1. The summed E-state index contributed by atoms with van der Waals surface area (Å²) < 4.78 is 11.8. The molecule has 0 aliphatic heterocycles. The molecule has 0 fully saturated rings. The largest absolute Gasteiger partial charge is 0.273 e. The average Bonchev–Trinajstić information content (AvgIpc) is 1.61. The molecule has 0 aromatic carbocycles. The number of hydrogen-bond acceptors (Lipinski definition) is 1. The molecule has 0 heterocycles. The molecule has 1 amide bonds. The minimum Gasteiger partial charge on any atom is -0.273 e. The van der Waals surface area contributed by atoms with E-state index < -0.39 is 12.1 Å². The lowest BCUT2D eigenvalue weighted by Gasteiger charge is -1.94. The fraction of sp³-hybridized carbons (Fsp3) is 0.800. The van der Waals surface area contributed by atoms with Crippen molar-refractivity contribution < 1.29 is 9.18 Å². The van der Waals surface area contributed by atoms with Gasteiger partial charge in [0.15, 0.2) is 0 Å². The second-order valence-corrected chi connectivity index (χ2v) is 1.74. The van der Waals surface area contributed by atoms with Crippen molar-refractivity contribution in [2.24, 2.45) is 0 Å². The number of carbonyl (C=O) groups is 1. The molecule has 1 unspecified atom stereocenters. The second-order valence-electron chi connectivity index (χ2n) is 1.74.